The number of carbonyl (C=O) groups is 2. The molecular formula is C46H50F4I2N4O8S2. The molecule has 4 aromatic rings. The fraction of sp³-hybridized carbons (Fsp3) is 0.391. The number of aryl methyl sites for hydroxylation is 2. The summed E-state index contributed by atoms with van der Waals surface area (Å²) in [5, 5.41) is 0. The van der Waals surface area contributed by atoms with Gasteiger partial charge in [-0.25, -0.2) is 26.4 Å². The van der Waals surface area contributed by atoms with Crippen LogP contribution in [0.1, 0.15) is 63.1 Å². The summed E-state index contributed by atoms with van der Waals surface area (Å²) < 4.78 is 125. The Labute approximate surface area is 410 Å². The molecular weight excluding hydrogens is 1130 g/mol. The summed E-state index contributed by atoms with van der Waals surface area (Å²) in [7, 11) is -7.89. The number of carbonyl (C=O) groups excluding carboxylic acids is 2. The molecule has 4 heterocycles. The van der Waals surface area contributed by atoms with Gasteiger partial charge in [0.15, 0.2) is 0 Å². The van der Waals surface area contributed by atoms with Gasteiger partial charge in [-0.3, -0.25) is 9.97 Å². The van der Waals surface area contributed by atoms with Gasteiger partial charge in [-0.2, -0.15) is 26.2 Å². The van der Waals surface area contributed by atoms with Crippen molar-refractivity contribution in [1.82, 2.24) is 18.6 Å². The lowest BCUT2D eigenvalue weighted by Gasteiger charge is -2.30. The smallest absolute Gasteiger partial charge is 0.376 e. The van der Waals surface area contributed by atoms with Gasteiger partial charge < -0.3 is 9.47 Å². The average molecular weight is 1180 g/mol. The van der Waals surface area contributed by atoms with E-state index in [9.17, 15) is 44.0 Å². The van der Waals surface area contributed by atoms with Crippen LogP contribution in [-0.2, 0) is 39.1 Å². The molecule has 2 aromatic heterocycles. The van der Waals surface area contributed by atoms with Crippen LogP contribution >= 0.6 is 45.2 Å². The topological polar surface area (TPSA) is 153 Å². The summed E-state index contributed by atoms with van der Waals surface area (Å²) in [4.78, 5) is 32.6. The molecule has 0 aliphatic carbocycles. The Morgan fingerprint density at radius 1 is 0.621 bits per heavy atom. The lowest BCUT2D eigenvalue weighted by atomic mass is 9.79. The Hall–Kier alpha value is -3.84. The average Bonchev–Trinajstić information content (AvgIpc) is 3.80. The predicted octanol–water partition coefficient (Wildman–Crippen LogP) is 9.67. The molecule has 2 aromatic carbocycles. The Morgan fingerprint density at radius 3 is 1.24 bits per heavy atom. The number of sulfonamides is 2. The van der Waals surface area contributed by atoms with Crippen molar-refractivity contribution in [3.63, 3.8) is 0 Å². The molecule has 0 N–H and O–H groups in total. The van der Waals surface area contributed by atoms with Crippen molar-refractivity contribution in [3.05, 3.63) is 131 Å². The quantitative estimate of drug-likeness (QED) is 0.0678. The molecule has 356 valence electrons. The number of halogens is 6. The maximum absolute atomic E-state index is 14.8. The van der Waals surface area contributed by atoms with Gasteiger partial charge in [-0.1, -0.05) is 61.4 Å². The van der Waals surface area contributed by atoms with Crippen molar-refractivity contribution in [2.24, 2.45) is 10.8 Å². The molecule has 0 amide bonds. The second-order valence-corrected chi connectivity index (χ2v) is 22.5. The standard InChI is InChI=1S/2C23H25F2IN2O4S/c2*1-4-32-21(29)23(24,25)14-22(3)15-28(33(30,31)17-10-8-16(2)9-11-17)13-18(22)20(26)19-7-5-6-12-27-19/h2*5-12H,4,13-15H2,1-3H3/b2*20-18+/t2*22-/m10/s1. The third-order valence-electron chi connectivity index (χ3n) is 11.2. The molecule has 2 aliphatic rings. The highest BCUT2D eigenvalue weighted by molar-refractivity contribution is 14.1. The number of alkyl halides is 4. The highest BCUT2D eigenvalue weighted by atomic mass is 127. The molecule has 0 spiro atoms. The first kappa shape index (κ1) is 53.1. The molecule has 0 radical (unpaired) electrons. The van der Waals surface area contributed by atoms with Crippen molar-refractivity contribution < 1.29 is 53.5 Å². The van der Waals surface area contributed by atoms with Gasteiger partial charge in [0.25, 0.3) is 0 Å². The van der Waals surface area contributed by atoms with Crippen molar-refractivity contribution in [1.29, 1.82) is 0 Å². The Kier molecular flexibility index (Phi) is 17.1. The Morgan fingerprint density at radius 2 is 0.955 bits per heavy atom. The van der Waals surface area contributed by atoms with Crippen molar-refractivity contribution in [2.45, 2.75) is 76.0 Å². The number of benzene rings is 2. The van der Waals surface area contributed by atoms with Gasteiger partial charge in [-0.15, -0.1) is 0 Å². The zero-order valence-corrected chi connectivity index (χ0v) is 43.0. The number of ether oxygens (including phenoxy) is 2. The van der Waals surface area contributed by atoms with Crippen LogP contribution in [0.2, 0.25) is 0 Å². The first-order chi connectivity index (χ1) is 30.8. The second kappa shape index (κ2) is 21.2. The number of esters is 2. The van der Waals surface area contributed by atoms with Crippen molar-refractivity contribution in [3.8, 4) is 0 Å². The Balaban J connectivity index is 0.000000247. The molecule has 0 bridgehead atoms. The van der Waals surface area contributed by atoms with E-state index in [1.807, 2.05) is 59.0 Å². The van der Waals surface area contributed by atoms with Crippen LogP contribution in [0.15, 0.2) is 118 Å². The van der Waals surface area contributed by atoms with Gasteiger partial charge in [0, 0.05) is 69.4 Å². The fourth-order valence-corrected chi connectivity index (χ4v) is 13.1. The van der Waals surface area contributed by atoms with Crippen molar-refractivity contribution in [2.75, 3.05) is 39.4 Å². The molecule has 6 rings (SSSR count). The van der Waals surface area contributed by atoms with E-state index in [2.05, 4.69) is 19.4 Å². The first-order valence-electron chi connectivity index (χ1n) is 20.7. The van der Waals surface area contributed by atoms with E-state index in [4.69, 9.17) is 0 Å². The van der Waals surface area contributed by atoms with Crippen LogP contribution in [0.25, 0.3) is 7.16 Å². The molecule has 2 fully saturated rings. The number of nitrogens with zero attached hydrogens (tertiary/aromatic N) is 4. The van der Waals surface area contributed by atoms with E-state index in [1.54, 1.807) is 86.9 Å². The second-order valence-electron chi connectivity index (χ2n) is 16.5. The fourth-order valence-electron chi connectivity index (χ4n) is 7.76. The lowest BCUT2D eigenvalue weighted by Crippen LogP contribution is -2.39. The molecule has 0 unspecified atom stereocenters. The molecule has 2 aliphatic heterocycles. The molecule has 2 saturated heterocycles. The highest BCUT2D eigenvalue weighted by Gasteiger charge is 2.55. The number of hydrogen-bond donors (Lipinski definition) is 0. The third-order valence-corrected chi connectivity index (χ3v) is 17.2. The minimum atomic E-state index is -3.95. The number of hydrogen-bond acceptors (Lipinski definition) is 10. The summed E-state index contributed by atoms with van der Waals surface area (Å²) in [6.45, 7) is 8.80. The van der Waals surface area contributed by atoms with Crippen LogP contribution in [0.4, 0.5) is 17.6 Å². The monoisotopic (exact) mass is 1180 g/mol. The van der Waals surface area contributed by atoms with Crippen molar-refractivity contribution >= 4 is 84.3 Å². The largest absolute Gasteiger partial charge is 0.462 e. The first-order valence-corrected chi connectivity index (χ1v) is 25.7. The third kappa shape index (κ3) is 12.1. The molecule has 20 heteroatoms. The van der Waals surface area contributed by atoms with Crippen LogP contribution < -0.4 is 0 Å². The van der Waals surface area contributed by atoms with Crippen LogP contribution in [0.5, 0.6) is 0 Å². The summed E-state index contributed by atoms with van der Waals surface area (Å²) in [6.07, 6.45) is 1.39. The van der Waals surface area contributed by atoms with Crippen LogP contribution in [0, 0.1) is 24.7 Å². The molecule has 0 saturated carbocycles. The Bertz CT molecular complexity index is 2490. The van der Waals surface area contributed by atoms with E-state index < -0.39 is 67.5 Å². The van der Waals surface area contributed by atoms with Crippen LogP contribution in [0.3, 0.4) is 0 Å². The molecule has 66 heavy (non-hydrogen) atoms. The zero-order valence-electron chi connectivity index (χ0n) is 37.0. The maximum Gasteiger partial charge on any atom is 0.376 e. The van der Waals surface area contributed by atoms with E-state index in [-0.39, 0.29) is 49.2 Å². The summed E-state index contributed by atoms with van der Waals surface area (Å²) in [5.74, 6) is -10.8. The lowest BCUT2D eigenvalue weighted by molar-refractivity contribution is -0.175. The van der Waals surface area contributed by atoms with E-state index >= 15 is 0 Å². The summed E-state index contributed by atoms with van der Waals surface area (Å²) in [6, 6.07) is 23.2. The molecule has 12 nitrogen and oxygen atoms in total. The van der Waals surface area contributed by atoms with E-state index in [1.165, 1.54) is 46.7 Å². The summed E-state index contributed by atoms with van der Waals surface area (Å²) >= 11 is 4.02. The minimum absolute atomic E-state index is 0.0829. The van der Waals surface area contributed by atoms with Gasteiger partial charge in [-0.05, 0) is 133 Å². The number of pyridine rings is 2. The SMILES string of the molecule is CCOC(=O)C(F)(F)C[C@@]1(C)CN(S(=O)(=O)c2ccc(C)cc2)C/C1=C(\I)c1ccccn1.CCOC(=O)C(F)(F)C[C@]1(C)CN(S(=O)(=O)c2ccc(C)cc2)C/C1=C(\I)c1ccccn1. The van der Waals surface area contributed by atoms with Crippen LogP contribution in [-0.4, -0.2) is 98.6 Å². The maximum atomic E-state index is 14.8. The van der Waals surface area contributed by atoms with Gasteiger partial charge >= 0.3 is 23.8 Å². The van der Waals surface area contributed by atoms with Gasteiger partial charge in [0.2, 0.25) is 20.0 Å². The zero-order chi connectivity index (χ0) is 48.9. The molecule has 2 atom stereocenters. The van der Waals surface area contributed by atoms with Gasteiger partial charge in [0.05, 0.1) is 34.4 Å². The number of aromatic nitrogens is 2. The summed E-state index contributed by atoms with van der Waals surface area (Å²) in [5.41, 5.74) is 1.24. The normalized spacial score (nSPS) is 21.2. The predicted molar refractivity (Wildman–Crippen MR) is 259 cm³/mol. The minimum Gasteiger partial charge on any atom is -0.462 e. The highest BCUT2D eigenvalue weighted by Crippen LogP contribution is 2.51. The van der Waals surface area contributed by atoms with Gasteiger partial charge in [0.1, 0.15) is 0 Å². The van der Waals surface area contributed by atoms with E-state index in [0.29, 0.717) is 29.7 Å². The number of rotatable bonds is 14. The van der Waals surface area contributed by atoms with E-state index in [0.717, 1.165) is 11.1 Å².